The summed E-state index contributed by atoms with van der Waals surface area (Å²) in [5.74, 6) is -1.22. The highest BCUT2D eigenvalue weighted by Gasteiger charge is 2.25. The van der Waals surface area contributed by atoms with Crippen LogP contribution < -0.4 is 0 Å². The Balaban J connectivity index is 2.54. The topological polar surface area (TPSA) is 96.4 Å². The van der Waals surface area contributed by atoms with Gasteiger partial charge in [0.25, 0.3) is 0 Å². The minimum Gasteiger partial charge on any atom is -0.478 e. The van der Waals surface area contributed by atoms with Crippen LogP contribution in [0.1, 0.15) is 26.3 Å². The fourth-order valence-corrected chi connectivity index (χ4v) is 2.04. The molecule has 8 nitrogen and oxygen atoms in total. The monoisotopic (exact) mass is 380 g/mol. The SMILES string of the molecule is CN(CCN(C)C(=O)OC(C)(C)C)C(=O)O[C@@H](Cc1ccccc1)C(=O)O. The van der Waals surface area contributed by atoms with Crippen LogP contribution in [0.5, 0.6) is 0 Å². The predicted octanol–water partition coefficient (Wildman–Crippen LogP) is 2.62. The van der Waals surface area contributed by atoms with Crippen molar-refractivity contribution in [3.63, 3.8) is 0 Å². The van der Waals surface area contributed by atoms with Gasteiger partial charge in [-0.05, 0) is 26.3 Å². The van der Waals surface area contributed by atoms with E-state index in [0.717, 1.165) is 5.56 Å². The summed E-state index contributed by atoms with van der Waals surface area (Å²) in [4.78, 5) is 38.0. The number of amides is 2. The fourth-order valence-electron chi connectivity index (χ4n) is 2.04. The normalized spacial score (nSPS) is 12.0. The van der Waals surface area contributed by atoms with Crippen LogP contribution in [0.4, 0.5) is 9.59 Å². The summed E-state index contributed by atoms with van der Waals surface area (Å²) in [6.07, 6.45) is -2.48. The fraction of sp³-hybridized carbons (Fsp3) is 0.526. The number of carboxylic acid groups (broad SMARTS) is 1. The van der Waals surface area contributed by atoms with Crippen molar-refractivity contribution >= 4 is 18.2 Å². The number of benzene rings is 1. The van der Waals surface area contributed by atoms with Crippen molar-refractivity contribution in [1.82, 2.24) is 9.80 Å². The van der Waals surface area contributed by atoms with Crippen molar-refractivity contribution in [2.24, 2.45) is 0 Å². The van der Waals surface area contributed by atoms with Crippen molar-refractivity contribution in [2.45, 2.75) is 38.9 Å². The van der Waals surface area contributed by atoms with E-state index in [-0.39, 0.29) is 19.5 Å². The van der Waals surface area contributed by atoms with Gasteiger partial charge < -0.3 is 24.4 Å². The molecule has 0 aliphatic heterocycles. The number of carbonyl (C=O) groups excluding carboxylic acids is 2. The molecule has 150 valence electrons. The van der Waals surface area contributed by atoms with Crippen LogP contribution in [0.15, 0.2) is 30.3 Å². The summed E-state index contributed by atoms with van der Waals surface area (Å²) in [6, 6.07) is 8.93. The maximum Gasteiger partial charge on any atom is 0.410 e. The van der Waals surface area contributed by atoms with Crippen LogP contribution in [0.3, 0.4) is 0 Å². The van der Waals surface area contributed by atoms with Crippen LogP contribution in [0.2, 0.25) is 0 Å². The Morgan fingerprint density at radius 3 is 2.00 bits per heavy atom. The number of rotatable bonds is 7. The van der Waals surface area contributed by atoms with Crippen molar-refractivity contribution < 1.29 is 29.0 Å². The lowest BCUT2D eigenvalue weighted by Crippen LogP contribution is -2.41. The van der Waals surface area contributed by atoms with E-state index in [1.807, 2.05) is 6.07 Å². The molecular weight excluding hydrogens is 352 g/mol. The van der Waals surface area contributed by atoms with E-state index >= 15 is 0 Å². The van der Waals surface area contributed by atoms with E-state index in [9.17, 15) is 19.5 Å². The van der Waals surface area contributed by atoms with Crippen molar-refractivity contribution in [3.8, 4) is 0 Å². The second kappa shape index (κ2) is 9.80. The third-order valence-electron chi connectivity index (χ3n) is 3.57. The average Bonchev–Trinajstić information content (AvgIpc) is 2.57. The van der Waals surface area contributed by atoms with Gasteiger partial charge in [-0.2, -0.15) is 0 Å². The lowest BCUT2D eigenvalue weighted by Gasteiger charge is -2.26. The summed E-state index contributed by atoms with van der Waals surface area (Å²) < 4.78 is 10.3. The largest absolute Gasteiger partial charge is 0.478 e. The molecule has 0 saturated carbocycles. The van der Waals surface area contributed by atoms with Gasteiger partial charge in [0.2, 0.25) is 6.10 Å². The standard InChI is InChI=1S/C19H28N2O6/c1-19(2,3)27-18(25)21(5)12-11-20(4)17(24)26-15(16(22)23)13-14-9-7-6-8-10-14/h6-10,15H,11-13H2,1-5H3,(H,22,23)/t15-/m0/s1. The van der Waals surface area contributed by atoms with E-state index in [1.165, 1.54) is 16.8 Å². The molecule has 1 aromatic rings. The zero-order valence-corrected chi connectivity index (χ0v) is 16.5. The molecule has 0 fully saturated rings. The maximum atomic E-state index is 12.2. The third kappa shape index (κ3) is 8.44. The van der Waals surface area contributed by atoms with Crippen LogP contribution >= 0.6 is 0 Å². The minimum absolute atomic E-state index is 0.0769. The van der Waals surface area contributed by atoms with E-state index in [4.69, 9.17) is 9.47 Å². The number of aliphatic carboxylic acids is 1. The van der Waals surface area contributed by atoms with Gasteiger partial charge in [0.1, 0.15) is 5.60 Å². The highest BCUT2D eigenvalue weighted by atomic mass is 16.6. The average molecular weight is 380 g/mol. The molecule has 2 amide bonds. The molecule has 1 aromatic carbocycles. The van der Waals surface area contributed by atoms with E-state index < -0.39 is 29.9 Å². The number of hydrogen-bond donors (Lipinski definition) is 1. The van der Waals surface area contributed by atoms with Gasteiger partial charge >= 0.3 is 18.2 Å². The van der Waals surface area contributed by atoms with Gasteiger partial charge in [-0.1, -0.05) is 30.3 Å². The van der Waals surface area contributed by atoms with Gasteiger partial charge in [-0.3, -0.25) is 0 Å². The quantitative estimate of drug-likeness (QED) is 0.781. The Kier molecular flexibility index (Phi) is 8.08. The van der Waals surface area contributed by atoms with Crippen LogP contribution in [0, 0.1) is 0 Å². The van der Waals surface area contributed by atoms with Crippen molar-refractivity contribution in [1.29, 1.82) is 0 Å². The molecule has 0 unspecified atom stereocenters. The molecule has 0 aromatic heterocycles. The number of hydrogen-bond acceptors (Lipinski definition) is 5. The number of nitrogens with zero attached hydrogens (tertiary/aromatic N) is 2. The van der Waals surface area contributed by atoms with Gasteiger partial charge in [-0.25, -0.2) is 14.4 Å². The Labute approximate surface area is 159 Å². The summed E-state index contributed by atoms with van der Waals surface area (Å²) in [7, 11) is 3.04. The number of likely N-dealkylation sites (N-methyl/N-ethyl adjacent to an activating group) is 2. The van der Waals surface area contributed by atoms with Gasteiger partial charge in [0.05, 0.1) is 0 Å². The lowest BCUT2D eigenvalue weighted by atomic mass is 10.1. The molecule has 0 aliphatic carbocycles. The summed E-state index contributed by atoms with van der Waals surface area (Å²) in [5, 5.41) is 9.30. The molecule has 1 N–H and O–H groups in total. The van der Waals surface area contributed by atoms with Crippen LogP contribution in [0.25, 0.3) is 0 Å². The molecule has 1 atom stereocenters. The smallest absolute Gasteiger partial charge is 0.410 e. The first-order chi connectivity index (χ1) is 12.5. The Morgan fingerprint density at radius 1 is 1.00 bits per heavy atom. The van der Waals surface area contributed by atoms with Crippen molar-refractivity contribution in [3.05, 3.63) is 35.9 Å². The third-order valence-corrected chi connectivity index (χ3v) is 3.57. The summed E-state index contributed by atoms with van der Waals surface area (Å²) >= 11 is 0. The predicted molar refractivity (Wildman–Crippen MR) is 99.5 cm³/mol. The van der Waals surface area contributed by atoms with Gasteiger partial charge in [-0.15, -0.1) is 0 Å². The van der Waals surface area contributed by atoms with E-state index in [2.05, 4.69) is 0 Å². The van der Waals surface area contributed by atoms with Crippen LogP contribution in [-0.2, 0) is 20.7 Å². The zero-order chi connectivity index (χ0) is 20.6. The summed E-state index contributed by atoms with van der Waals surface area (Å²) in [6.45, 7) is 5.69. The first-order valence-corrected chi connectivity index (χ1v) is 8.62. The Hall–Kier alpha value is -2.77. The first kappa shape index (κ1) is 22.3. The second-order valence-corrected chi connectivity index (χ2v) is 7.22. The minimum atomic E-state index is -1.29. The summed E-state index contributed by atoms with van der Waals surface area (Å²) in [5.41, 5.74) is 0.146. The molecule has 0 aliphatic rings. The Morgan fingerprint density at radius 2 is 1.52 bits per heavy atom. The van der Waals surface area contributed by atoms with Crippen LogP contribution in [-0.4, -0.2) is 72.0 Å². The number of carboxylic acids is 1. The lowest BCUT2D eigenvalue weighted by molar-refractivity contribution is -0.147. The molecule has 0 bridgehead atoms. The molecule has 8 heteroatoms. The zero-order valence-electron chi connectivity index (χ0n) is 16.5. The van der Waals surface area contributed by atoms with E-state index in [1.54, 1.807) is 52.1 Å². The molecule has 27 heavy (non-hydrogen) atoms. The highest BCUT2D eigenvalue weighted by Crippen LogP contribution is 2.10. The van der Waals surface area contributed by atoms with Gasteiger partial charge in [0.15, 0.2) is 0 Å². The molecule has 1 rings (SSSR count). The maximum absolute atomic E-state index is 12.2. The number of ether oxygens (including phenoxy) is 2. The molecular formula is C19H28N2O6. The molecule has 0 spiro atoms. The highest BCUT2D eigenvalue weighted by molar-refractivity contribution is 5.77. The number of carbonyl (C=O) groups is 3. The van der Waals surface area contributed by atoms with Crippen molar-refractivity contribution in [2.75, 3.05) is 27.2 Å². The second-order valence-electron chi connectivity index (χ2n) is 7.22. The van der Waals surface area contributed by atoms with Gasteiger partial charge in [0, 0.05) is 33.6 Å². The Bertz CT molecular complexity index is 641. The molecule has 0 radical (unpaired) electrons. The molecule has 0 saturated heterocycles. The molecule has 0 heterocycles. The van der Waals surface area contributed by atoms with E-state index in [0.29, 0.717) is 0 Å². The first-order valence-electron chi connectivity index (χ1n) is 8.62.